The fourth-order valence-corrected chi connectivity index (χ4v) is 10.2. The molecule has 0 saturated carbocycles. The molecule has 0 aromatic heterocycles. The van der Waals surface area contributed by atoms with Crippen molar-refractivity contribution in [2.45, 2.75) is 64.6 Å². The first-order valence-corrected chi connectivity index (χ1v) is 16.8. The molecule has 6 heteroatoms. The average Bonchev–Trinajstić information content (AvgIpc) is 3.02. The van der Waals surface area contributed by atoms with Gasteiger partial charge >= 0.3 is 0 Å². The van der Waals surface area contributed by atoms with E-state index in [1.54, 1.807) is 14.0 Å². The summed E-state index contributed by atoms with van der Waals surface area (Å²) in [6.45, 7) is 9.44. The third-order valence-corrected chi connectivity index (χ3v) is 12.8. The molecule has 0 fully saturated rings. The molecule has 0 amide bonds. The predicted molar refractivity (Wildman–Crippen MR) is 175 cm³/mol. The van der Waals surface area contributed by atoms with Crippen molar-refractivity contribution < 1.29 is 23.4 Å². The molecule has 0 N–H and O–H groups in total. The largest absolute Gasteiger partial charge is 0.497 e. The highest BCUT2D eigenvalue weighted by atomic mass is 28.4. The Bertz CT molecular complexity index is 1350. The van der Waals surface area contributed by atoms with Gasteiger partial charge in [0.1, 0.15) is 11.9 Å². The standard InChI is InChI=1S/C37H44O5Si/c1-29(38)36(41-28-30-15-9-6-10-16-30)35(40-27-31-21-23-32(39-5)24-22-31)25-26-42-43(37(2,3)4,33-17-11-7-12-18-33)34-19-13-8-14-20-34/h6-24,35-36H,25-28H2,1-5H3/t35-,36+/m0/s1. The second kappa shape index (κ2) is 15.3. The van der Waals surface area contributed by atoms with E-state index in [1.807, 2.05) is 66.7 Å². The Labute approximate surface area is 257 Å². The normalized spacial score (nSPS) is 13.3. The van der Waals surface area contributed by atoms with E-state index < -0.39 is 20.5 Å². The molecule has 0 radical (unpaired) electrons. The maximum atomic E-state index is 13.0. The average molecular weight is 597 g/mol. The minimum Gasteiger partial charge on any atom is -0.497 e. The van der Waals surface area contributed by atoms with Gasteiger partial charge in [-0.25, -0.2) is 0 Å². The number of methoxy groups -OCH3 is 1. The van der Waals surface area contributed by atoms with Gasteiger partial charge in [0.05, 0.1) is 26.4 Å². The van der Waals surface area contributed by atoms with Crippen LogP contribution in [0.4, 0.5) is 0 Å². The second-order valence-corrected chi connectivity index (χ2v) is 16.1. The SMILES string of the molecule is COc1ccc(CO[C@@H](CCO[Si](c2ccccc2)(c2ccccc2)C(C)(C)C)[C@H](OCc2ccccc2)C(C)=O)cc1. The van der Waals surface area contributed by atoms with Gasteiger partial charge in [-0.3, -0.25) is 4.79 Å². The minimum absolute atomic E-state index is 0.0684. The van der Waals surface area contributed by atoms with Gasteiger partial charge in [-0.2, -0.15) is 0 Å². The summed E-state index contributed by atoms with van der Waals surface area (Å²) in [6.07, 6.45) is -0.734. The molecule has 2 atom stereocenters. The van der Waals surface area contributed by atoms with Crippen molar-refractivity contribution in [3.05, 3.63) is 126 Å². The molecule has 0 aliphatic heterocycles. The smallest absolute Gasteiger partial charge is 0.261 e. The summed E-state index contributed by atoms with van der Waals surface area (Å²) in [4.78, 5) is 13.0. The van der Waals surface area contributed by atoms with Gasteiger partial charge in [-0.05, 0) is 52.0 Å². The monoisotopic (exact) mass is 596 g/mol. The van der Waals surface area contributed by atoms with Crippen LogP contribution in [0.15, 0.2) is 115 Å². The van der Waals surface area contributed by atoms with Crippen LogP contribution in [0.5, 0.6) is 5.75 Å². The van der Waals surface area contributed by atoms with Gasteiger partial charge in [0, 0.05) is 6.61 Å². The molecule has 0 bridgehead atoms. The zero-order valence-corrected chi connectivity index (χ0v) is 27.0. The molecule has 4 rings (SSSR count). The van der Waals surface area contributed by atoms with E-state index in [0.29, 0.717) is 26.2 Å². The first-order chi connectivity index (χ1) is 20.7. The van der Waals surface area contributed by atoms with Crippen LogP contribution in [0.3, 0.4) is 0 Å². The van der Waals surface area contributed by atoms with Crippen LogP contribution in [-0.2, 0) is 31.9 Å². The third-order valence-electron chi connectivity index (χ3n) is 7.77. The number of hydrogen-bond donors (Lipinski definition) is 0. The summed E-state index contributed by atoms with van der Waals surface area (Å²) >= 11 is 0. The maximum absolute atomic E-state index is 13.0. The Morgan fingerprint density at radius 3 is 1.67 bits per heavy atom. The number of ketones is 1. The van der Waals surface area contributed by atoms with E-state index in [9.17, 15) is 4.79 Å². The lowest BCUT2D eigenvalue weighted by Crippen LogP contribution is -2.66. The quantitative estimate of drug-likeness (QED) is 0.143. The van der Waals surface area contributed by atoms with Crippen molar-refractivity contribution in [2.24, 2.45) is 0 Å². The van der Waals surface area contributed by atoms with Crippen LogP contribution in [0.2, 0.25) is 5.04 Å². The summed E-state index contributed by atoms with van der Waals surface area (Å²) < 4.78 is 25.2. The summed E-state index contributed by atoms with van der Waals surface area (Å²) in [6, 6.07) is 38.8. The summed E-state index contributed by atoms with van der Waals surface area (Å²) in [5.41, 5.74) is 2.00. The van der Waals surface area contributed by atoms with Crippen LogP contribution in [0, 0.1) is 0 Å². The number of hydrogen-bond acceptors (Lipinski definition) is 5. The Morgan fingerprint density at radius 1 is 0.698 bits per heavy atom. The Kier molecular flexibility index (Phi) is 11.5. The molecule has 4 aromatic rings. The highest BCUT2D eigenvalue weighted by Gasteiger charge is 2.50. The van der Waals surface area contributed by atoms with Crippen molar-refractivity contribution in [3.63, 3.8) is 0 Å². The van der Waals surface area contributed by atoms with E-state index in [1.165, 1.54) is 10.4 Å². The highest BCUT2D eigenvalue weighted by Crippen LogP contribution is 2.37. The highest BCUT2D eigenvalue weighted by molar-refractivity contribution is 6.99. The lowest BCUT2D eigenvalue weighted by Gasteiger charge is -2.43. The molecule has 0 spiro atoms. The zero-order chi connectivity index (χ0) is 30.7. The number of carbonyl (C=O) groups excluding carboxylic acids is 1. The first-order valence-electron chi connectivity index (χ1n) is 14.9. The van der Waals surface area contributed by atoms with Crippen LogP contribution in [0.1, 0.15) is 45.2 Å². The summed E-state index contributed by atoms with van der Waals surface area (Å²) in [7, 11) is -1.09. The zero-order valence-electron chi connectivity index (χ0n) is 26.0. The van der Waals surface area contributed by atoms with Crippen LogP contribution in [-0.4, -0.2) is 40.0 Å². The van der Waals surface area contributed by atoms with Crippen molar-refractivity contribution in [1.82, 2.24) is 0 Å². The van der Waals surface area contributed by atoms with Gasteiger partial charge in [-0.15, -0.1) is 0 Å². The number of rotatable bonds is 15. The molecule has 0 heterocycles. The topological polar surface area (TPSA) is 54.0 Å². The molecule has 0 unspecified atom stereocenters. The predicted octanol–water partition coefficient (Wildman–Crippen LogP) is 6.72. The van der Waals surface area contributed by atoms with E-state index in [2.05, 4.69) is 69.3 Å². The number of Topliss-reactive ketones (excluding diaryl/α,β-unsaturated/α-hetero) is 1. The van der Waals surface area contributed by atoms with Crippen molar-refractivity contribution in [2.75, 3.05) is 13.7 Å². The number of benzene rings is 4. The fourth-order valence-electron chi connectivity index (χ4n) is 5.58. The van der Waals surface area contributed by atoms with Gasteiger partial charge in [0.15, 0.2) is 5.78 Å². The van der Waals surface area contributed by atoms with Crippen molar-refractivity contribution >= 4 is 24.5 Å². The molecule has 0 aliphatic rings. The fraction of sp³-hybridized carbons (Fsp3) is 0.324. The molecule has 43 heavy (non-hydrogen) atoms. The molecule has 5 nitrogen and oxygen atoms in total. The molecule has 0 saturated heterocycles. The minimum atomic E-state index is -2.74. The first kappa shape index (κ1) is 32.4. The summed E-state index contributed by atoms with van der Waals surface area (Å²) in [5.74, 6) is 0.716. The van der Waals surface area contributed by atoms with Crippen LogP contribution in [0.25, 0.3) is 0 Å². The Balaban J connectivity index is 1.60. The van der Waals surface area contributed by atoms with Gasteiger partial charge in [-0.1, -0.05) is 124 Å². The van der Waals surface area contributed by atoms with Crippen molar-refractivity contribution in [3.8, 4) is 5.75 Å². The third kappa shape index (κ3) is 8.30. The molecule has 4 aromatic carbocycles. The Morgan fingerprint density at radius 2 is 1.19 bits per heavy atom. The molecular formula is C37H44O5Si. The summed E-state index contributed by atoms with van der Waals surface area (Å²) in [5, 5.41) is 2.28. The van der Waals surface area contributed by atoms with E-state index in [4.69, 9.17) is 18.6 Å². The van der Waals surface area contributed by atoms with Gasteiger partial charge in [0.2, 0.25) is 0 Å². The maximum Gasteiger partial charge on any atom is 0.261 e. The van der Waals surface area contributed by atoms with E-state index in [0.717, 1.165) is 16.9 Å². The number of carbonyl (C=O) groups is 1. The number of ether oxygens (including phenoxy) is 3. The second-order valence-electron chi connectivity index (χ2n) is 11.8. The van der Waals surface area contributed by atoms with Crippen LogP contribution < -0.4 is 15.1 Å². The van der Waals surface area contributed by atoms with Crippen LogP contribution >= 0.6 is 0 Å². The molecular weight excluding hydrogens is 552 g/mol. The van der Waals surface area contributed by atoms with E-state index in [-0.39, 0.29) is 10.8 Å². The van der Waals surface area contributed by atoms with Crippen molar-refractivity contribution in [1.29, 1.82) is 0 Å². The lowest BCUT2D eigenvalue weighted by atomic mass is 10.1. The Hall–Kier alpha value is -3.55. The molecule has 226 valence electrons. The van der Waals surface area contributed by atoms with Gasteiger partial charge < -0.3 is 18.6 Å². The van der Waals surface area contributed by atoms with E-state index >= 15 is 0 Å². The van der Waals surface area contributed by atoms with Gasteiger partial charge in [0.25, 0.3) is 8.32 Å². The molecule has 0 aliphatic carbocycles. The lowest BCUT2D eigenvalue weighted by molar-refractivity contribution is -0.144.